The summed E-state index contributed by atoms with van der Waals surface area (Å²) in [4.78, 5) is 43.6. The van der Waals surface area contributed by atoms with Crippen LogP contribution >= 0.6 is 15.9 Å². The van der Waals surface area contributed by atoms with E-state index in [1.165, 1.54) is 7.05 Å². The number of halogens is 1. The van der Waals surface area contributed by atoms with Gasteiger partial charge in [0.05, 0.1) is 24.8 Å². The fourth-order valence-electron chi connectivity index (χ4n) is 1.36. The van der Waals surface area contributed by atoms with Crippen molar-refractivity contribution in [1.29, 1.82) is 0 Å². The molecule has 10 heteroatoms. The summed E-state index contributed by atoms with van der Waals surface area (Å²) < 4.78 is 5.93. The van der Waals surface area contributed by atoms with Gasteiger partial charge in [-0.15, -0.1) is 0 Å². The summed E-state index contributed by atoms with van der Waals surface area (Å²) in [6.45, 7) is -0.361. The third-order valence-electron chi connectivity index (χ3n) is 2.31. The molecule has 1 heterocycles. The van der Waals surface area contributed by atoms with Crippen molar-refractivity contribution in [3.8, 4) is 0 Å². The highest BCUT2D eigenvalue weighted by Gasteiger charge is 2.23. The third kappa shape index (κ3) is 3.08. The van der Waals surface area contributed by atoms with Crippen LogP contribution in [-0.4, -0.2) is 32.0 Å². The second-order valence-electron chi connectivity index (χ2n) is 3.57. The molecule has 0 N–H and O–H groups in total. The fraction of sp³-hybridized carbons (Fsp3) is 0.444. The molecule has 0 radical (unpaired) electrons. The van der Waals surface area contributed by atoms with Gasteiger partial charge in [0.15, 0.2) is 0 Å². The van der Waals surface area contributed by atoms with Crippen LogP contribution in [0.2, 0.25) is 0 Å². The van der Waals surface area contributed by atoms with Crippen molar-refractivity contribution in [3.63, 3.8) is 0 Å². The molecule has 1 atom stereocenters. The van der Waals surface area contributed by atoms with Gasteiger partial charge in [-0.05, 0) is 0 Å². The first kappa shape index (κ1) is 15.1. The molecule has 0 spiro atoms. The summed E-state index contributed by atoms with van der Waals surface area (Å²) in [7, 11) is 2.41. The first-order valence-corrected chi connectivity index (χ1v) is 5.88. The van der Waals surface area contributed by atoms with E-state index in [4.69, 9.17) is 0 Å². The molecule has 9 nitrogen and oxygen atoms in total. The average molecular weight is 336 g/mol. The Bertz CT molecular complexity index is 634. The van der Waals surface area contributed by atoms with E-state index in [-0.39, 0.29) is 6.54 Å². The Morgan fingerprint density at radius 3 is 2.63 bits per heavy atom. The number of aromatic nitrogens is 2. The molecule has 1 aromatic rings. The highest BCUT2D eigenvalue weighted by molar-refractivity contribution is 9.10. The van der Waals surface area contributed by atoms with E-state index in [1.54, 1.807) is 0 Å². The second-order valence-corrected chi connectivity index (χ2v) is 4.68. The van der Waals surface area contributed by atoms with Crippen LogP contribution in [0.5, 0.6) is 0 Å². The molecular formula is C9H10BrN3O6. The summed E-state index contributed by atoms with van der Waals surface area (Å²) in [6.07, 6.45) is 0.836. The van der Waals surface area contributed by atoms with Gasteiger partial charge in [-0.1, -0.05) is 15.9 Å². The molecule has 0 bridgehead atoms. The number of carbonyl (C=O) groups excluding carboxylic acids is 1. The molecule has 0 aliphatic rings. The number of rotatable bonds is 4. The van der Waals surface area contributed by atoms with Gasteiger partial charge >= 0.3 is 22.9 Å². The Morgan fingerprint density at radius 2 is 2.16 bits per heavy atom. The quantitative estimate of drug-likeness (QED) is 0.314. The van der Waals surface area contributed by atoms with Crippen LogP contribution in [0.1, 0.15) is 0 Å². The van der Waals surface area contributed by atoms with Crippen molar-refractivity contribution in [2.24, 2.45) is 7.05 Å². The number of ether oxygens (including phenoxy) is 1. The summed E-state index contributed by atoms with van der Waals surface area (Å²) in [5, 5.41) is 10.7. The van der Waals surface area contributed by atoms with Crippen LogP contribution in [0.3, 0.4) is 0 Å². The molecule has 1 aromatic heterocycles. The Kier molecular flexibility index (Phi) is 4.59. The molecule has 0 amide bonds. The molecule has 0 fully saturated rings. The summed E-state index contributed by atoms with van der Waals surface area (Å²) in [5.74, 6) is -0.694. The summed E-state index contributed by atoms with van der Waals surface area (Å²) >= 11 is 2.94. The van der Waals surface area contributed by atoms with Crippen molar-refractivity contribution in [3.05, 3.63) is 37.1 Å². The van der Waals surface area contributed by atoms with Gasteiger partial charge in [0.2, 0.25) is 0 Å². The van der Waals surface area contributed by atoms with Crippen molar-refractivity contribution in [2.45, 2.75) is 11.4 Å². The zero-order valence-electron chi connectivity index (χ0n) is 10.0. The standard InChI is InChI=1S/C9H10BrN3O6/c1-11-4-6(13(17)18)7(14)12(9(11)16)3-5(10)8(15)19-2/h4-5H,3H2,1-2H3. The molecule has 0 aliphatic heterocycles. The van der Waals surface area contributed by atoms with E-state index in [0.29, 0.717) is 4.57 Å². The monoisotopic (exact) mass is 335 g/mol. The molecule has 19 heavy (non-hydrogen) atoms. The lowest BCUT2D eigenvalue weighted by Crippen LogP contribution is -2.42. The van der Waals surface area contributed by atoms with Crippen LogP contribution < -0.4 is 11.2 Å². The lowest BCUT2D eigenvalue weighted by molar-refractivity contribution is -0.387. The van der Waals surface area contributed by atoms with Crippen LogP contribution in [0, 0.1) is 10.1 Å². The number of hydrogen-bond acceptors (Lipinski definition) is 6. The van der Waals surface area contributed by atoms with E-state index in [9.17, 15) is 24.5 Å². The molecule has 0 aliphatic carbocycles. The molecule has 104 valence electrons. The van der Waals surface area contributed by atoms with E-state index in [1.807, 2.05) is 0 Å². The smallest absolute Gasteiger partial charge is 0.350 e. The minimum absolute atomic E-state index is 0.361. The zero-order valence-corrected chi connectivity index (χ0v) is 11.6. The van der Waals surface area contributed by atoms with E-state index in [0.717, 1.165) is 17.9 Å². The highest BCUT2D eigenvalue weighted by Crippen LogP contribution is 2.05. The van der Waals surface area contributed by atoms with Gasteiger partial charge in [0.25, 0.3) is 0 Å². The van der Waals surface area contributed by atoms with Crippen molar-refractivity contribution in [1.82, 2.24) is 9.13 Å². The van der Waals surface area contributed by atoms with E-state index < -0.39 is 32.7 Å². The van der Waals surface area contributed by atoms with Crippen LogP contribution in [0.25, 0.3) is 0 Å². The highest BCUT2D eigenvalue weighted by atomic mass is 79.9. The molecule has 1 unspecified atom stereocenters. The van der Waals surface area contributed by atoms with E-state index >= 15 is 0 Å². The number of nitro groups is 1. The lowest BCUT2D eigenvalue weighted by Gasteiger charge is -2.10. The Morgan fingerprint density at radius 1 is 1.58 bits per heavy atom. The molecule has 0 aromatic carbocycles. The molecule has 1 rings (SSSR count). The topological polar surface area (TPSA) is 113 Å². The number of nitrogens with zero attached hydrogens (tertiary/aromatic N) is 3. The van der Waals surface area contributed by atoms with Gasteiger partial charge in [-0.3, -0.25) is 28.8 Å². The number of hydrogen-bond donors (Lipinski definition) is 0. The predicted octanol–water partition coefficient (Wildman–Crippen LogP) is -0.608. The number of aryl methyl sites for hydroxylation is 1. The van der Waals surface area contributed by atoms with Crippen LogP contribution in [-0.2, 0) is 23.1 Å². The second kappa shape index (κ2) is 5.78. The lowest BCUT2D eigenvalue weighted by atomic mass is 10.4. The Balaban J connectivity index is 3.35. The maximum Gasteiger partial charge on any atom is 0.350 e. The molecular weight excluding hydrogens is 326 g/mol. The maximum absolute atomic E-state index is 11.8. The van der Waals surface area contributed by atoms with Crippen LogP contribution in [0.15, 0.2) is 15.8 Å². The van der Waals surface area contributed by atoms with Crippen molar-refractivity contribution >= 4 is 27.6 Å². The first-order chi connectivity index (χ1) is 8.79. The zero-order chi connectivity index (χ0) is 14.7. The maximum atomic E-state index is 11.8. The normalized spacial score (nSPS) is 11.9. The number of esters is 1. The minimum Gasteiger partial charge on any atom is -0.468 e. The number of methoxy groups -OCH3 is 1. The van der Waals surface area contributed by atoms with Crippen molar-refractivity contribution < 1.29 is 14.5 Å². The average Bonchev–Trinajstić information content (AvgIpc) is 2.37. The predicted molar refractivity (Wildman–Crippen MR) is 67.3 cm³/mol. The van der Waals surface area contributed by atoms with Crippen LogP contribution in [0.4, 0.5) is 5.69 Å². The minimum atomic E-state index is -1.07. The van der Waals surface area contributed by atoms with Gasteiger partial charge in [-0.25, -0.2) is 4.79 Å². The first-order valence-electron chi connectivity index (χ1n) is 4.96. The van der Waals surface area contributed by atoms with Gasteiger partial charge in [0, 0.05) is 7.05 Å². The largest absolute Gasteiger partial charge is 0.468 e. The van der Waals surface area contributed by atoms with E-state index in [2.05, 4.69) is 20.7 Å². The Labute approximate surface area is 114 Å². The summed E-state index contributed by atoms with van der Waals surface area (Å²) in [6, 6.07) is 0. The van der Waals surface area contributed by atoms with Gasteiger partial charge in [0.1, 0.15) is 4.83 Å². The Hall–Kier alpha value is -1.97. The van der Waals surface area contributed by atoms with Gasteiger partial charge < -0.3 is 4.74 Å². The van der Waals surface area contributed by atoms with Gasteiger partial charge in [-0.2, -0.15) is 0 Å². The fourth-order valence-corrected chi connectivity index (χ4v) is 1.83. The third-order valence-corrected chi connectivity index (χ3v) is 2.97. The SMILES string of the molecule is COC(=O)C(Br)Cn1c(=O)c([N+](=O)[O-])cn(C)c1=O. The van der Waals surface area contributed by atoms with Crippen molar-refractivity contribution in [2.75, 3.05) is 7.11 Å². The summed E-state index contributed by atoms with van der Waals surface area (Å²) in [5.41, 5.74) is -2.57. The number of carbonyl (C=O) groups is 1. The number of alkyl halides is 1. The molecule has 0 saturated carbocycles. The molecule has 0 saturated heterocycles.